The van der Waals surface area contributed by atoms with Gasteiger partial charge < -0.3 is 9.84 Å². The second-order valence-corrected chi connectivity index (χ2v) is 8.45. The number of piperazine rings is 1. The Balaban J connectivity index is 1.40. The van der Waals surface area contributed by atoms with E-state index in [1.54, 1.807) is 31.4 Å². The third kappa shape index (κ3) is 5.64. The van der Waals surface area contributed by atoms with Gasteiger partial charge in [-0.15, -0.1) is 0 Å². The van der Waals surface area contributed by atoms with E-state index in [9.17, 15) is 18.7 Å². The number of nitrogens with zero attached hydrogens (tertiary/aromatic N) is 5. The van der Waals surface area contributed by atoms with Gasteiger partial charge in [0.15, 0.2) is 5.78 Å². The highest BCUT2D eigenvalue weighted by Gasteiger charge is 2.36. The zero-order valence-corrected chi connectivity index (χ0v) is 18.9. The lowest BCUT2D eigenvalue weighted by atomic mass is 9.92. The molecule has 2 aromatic carbocycles. The first-order valence-electron chi connectivity index (χ1n) is 11.0. The van der Waals surface area contributed by atoms with Crippen LogP contribution in [0.4, 0.5) is 8.78 Å². The van der Waals surface area contributed by atoms with Crippen LogP contribution < -0.4 is 4.74 Å². The molecule has 1 N–H and O–H groups in total. The third-order valence-electron chi connectivity index (χ3n) is 6.05. The first-order valence-corrected chi connectivity index (χ1v) is 11.0. The maximum atomic E-state index is 14.6. The zero-order chi connectivity index (χ0) is 24.1. The molecule has 0 bridgehead atoms. The van der Waals surface area contributed by atoms with E-state index in [2.05, 4.69) is 15.0 Å². The highest BCUT2D eigenvalue weighted by Crippen LogP contribution is 2.28. The van der Waals surface area contributed by atoms with Gasteiger partial charge in [-0.2, -0.15) is 5.10 Å². The van der Waals surface area contributed by atoms with E-state index in [0.29, 0.717) is 37.5 Å². The number of ketones is 1. The molecule has 34 heavy (non-hydrogen) atoms. The van der Waals surface area contributed by atoms with Gasteiger partial charge >= 0.3 is 0 Å². The molecule has 0 spiro atoms. The van der Waals surface area contributed by atoms with Crippen LogP contribution in [0.2, 0.25) is 0 Å². The molecule has 180 valence electrons. The number of aromatic nitrogens is 3. The van der Waals surface area contributed by atoms with Gasteiger partial charge in [0.2, 0.25) is 0 Å². The third-order valence-corrected chi connectivity index (χ3v) is 6.05. The molecule has 1 aliphatic rings. The fraction of sp³-hybridized carbons (Fsp3) is 0.375. The van der Waals surface area contributed by atoms with Gasteiger partial charge in [-0.25, -0.2) is 18.4 Å². The summed E-state index contributed by atoms with van der Waals surface area (Å²) in [6.45, 7) is 2.77. The van der Waals surface area contributed by atoms with Gasteiger partial charge in [-0.1, -0.05) is 6.07 Å². The van der Waals surface area contributed by atoms with E-state index < -0.39 is 17.2 Å². The van der Waals surface area contributed by atoms with Crippen LogP contribution in [0.5, 0.6) is 5.75 Å². The minimum atomic E-state index is -1.65. The van der Waals surface area contributed by atoms with Crippen LogP contribution >= 0.6 is 0 Å². The summed E-state index contributed by atoms with van der Waals surface area (Å²) in [6, 6.07) is 10.2. The van der Waals surface area contributed by atoms with Crippen LogP contribution in [-0.4, -0.2) is 81.8 Å². The number of halogens is 2. The molecule has 8 nitrogen and oxygen atoms in total. The van der Waals surface area contributed by atoms with Crippen molar-refractivity contribution in [2.24, 2.45) is 0 Å². The molecular weight excluding hydrogens is 444 g/mol. The summed E-state index contributed by atoms with van der Waals surface area (Å²) in [5, 5.41) is 15.5. The highest BCUT2D eigenvalue weighted by atomic mass is 19.1. The van der Waals surface area contributed by atoms with Crippen LogP contribution in [-0.2, 0) is 12.1 Å². The lowest BCUT2D eigenvalue weighted by Crippen LogP contribution is -2.53. The Morgan fingerprint density at radius 2 is 1.76 bits per heavy atom. The average molecular weight is 472 g/mol. The Morgan fingerprint density at radius 3 is 2.38 bits per heavy atom. The van der Waals surface area contributed by atoms with Crippen molar-refractivity contribution < 1.29 is 23.4 Å². The summed E-state index contributed by atoms with van der Waals surface area (Å²) in [5.74, 6) is -0.806. The maximum absolute atomic E-state index is 14.6. The molecule has 10 heteroatoms. The lowest BCUT2D eigenvalue weighted by Gasteiger charge is -2.39. The molecule has 1 unspecified atom stereocenters. The van der Waals surface area contributed by atoms with Gasteiger partial charge in [0.1, 0.15) is 35.6 Å². The molecule has 1 atom stereocenters. The Hall–Kier alpha value is -3.21. The number of Topliss-reactive ketones (excluding diaryl/α,β-unsaturated/α-hetero) is 1. The topological polar surface area (TPSA) is 83.7 Å². The van der Waals surface area contributed by atoms with Crippen LogP contribution in [0.3, 0.4) is 0 Å². The fourth-order valence-corrected chi connectivity index (χ4v) is 4.22. The molecule has 0 amide bonds. The van der Waals surface area contributed by atoms with Crippen molar-refractivity contribution in [1.82, 2.24) is 24.6 Å². The molecule has 1 saturated heterocycles. The first-order chi connectivity index (χ1) is 16.4. The predicted molar refractivity (Wildman–Crippen MR) is 120 cm³/mol. The van der Waals surface area contributed by atoms with Crippen LogP contribution in [0, 0.1) is 11.6 Å². The van der Waals surface area contributed by atoms with Crippen molar-refractivity contribution in [3.05, 3.63) is 77.9 Å². The van der Waals surface area contributed by atoms with Gasteiger partial charge in [-0.3, -0.25) is 14.6 Å². The zero-order valence-electron chi connectivity index (χ0n) is 18.9. The minimum absolute atomic E-state index is 0.00140. The van der Waals surface area contributed by atoms with Gasteiger partial charge in [-0.05, 0) is 30.3 Å². The summed E-state index contributed by atoms with van der Waals surface area (Å²) in [7, 11) is 1.58. The molecule has 0 aliphatic carbocycles. The number of carbonyl (C=O) groups excluding carboxylic acids is 1. The van der Waals surface area contributed by atoms with Gasteiger partial charge in [0.25, 0.3) is 0 Å². The lowest BCUT2D eigenvalue weighted by molar-refractivity contribution is -0.0314. The molecule has 4 rings (SSSR count). The Kier molecular flexibility index (Phi) is 7.30. The van der Waals surface area contributed by atoms with Crippen molar-refractivity contribution in [1.29, 1.82) is 0 Å². The number of methoxy groups -OCH3 is 1. The summed E-state index contributed by atoms with van der Waals surface area (Å²) in [6.07, 6.45) is 2.77. The monoisotopic (exact) mass is 471 g/mol. The number of hydrogen-bond acceptors (Lipinski definition) is 7. The molecule has 1 aliphatic heterocycles. The minimum Gasteiger partial charge on any atom is -0.497 e. The molecule has 2 heterocycles. The number of β-amino-alcohol motifs (C(OH)–C–C–N with tert-alkyl or cyclic N) is 1. The molecule has 1 aromatic heterocycles. The first kappa shape index (κ1) is 23.9. The predicted octanol–water partition coefficient (Wildman–Crippen LogP) is 1.95. The number of rotatable bonds is 9. The van der Waals surface area contributed by atoms with E-state index in [-0.39, 0.29) is 31.0 Å². The van der Waals surface area contributed by atoms with Crippen molar-refractivity contribution in [3.8, 4) is 5.75 Å². The van der Waals surface area contributed by atoms with Crippen molar-refractivity contribution in [2.45, 2.75) is 12.1 Å². The van der Waals surface area contributed by atoms with Crippen LogP contribution in [0.15, 0.2) is 55.1 Å². The maximum Gasteiger partial charge on any atom is 0.176 e. The smallest absolute Gasteiger partial charge is 0.176 e. The molecule has 1 fully saturated rings. The summed E-state index contributed by atoms with van der Waals surface area (Å²) >= 11 is 0. The van der Waals surface area contributed by atoms with Crippen LogP contribution in [0.25, 0.3) is 0 Å². The van der Waals surface area contributed by atoms with E-state index in [4.69, 9.17) is 4.74 Å². The molecular formula is C24H27F2N5O3. The summed E-state index contributed by atoms with van der Waals surface area (Å²) in [4.78, 5) is 20.6. The average Bonchev–Trinajstić information content (AvgIpc) is 3.33. The van der Waals surface area contributed by atoms with E-state index in [0.717, 1.165) is 12.1 Å². The summed E-state index contributed by atoms with van der Waals surface area (Å²) < 4.78 is 34.7. The number of aliphatic hydroxyl groups is 1. The SMILES string of the molecule is COc1ccc(C(=O)CN2CCN(CC(O)(Cn3cncn3)c3ccc(F)cc3F)CC2)cc1. The standard InChI is InChI=1S/C24H27F2N5O3/c1-34-20-5-2-18(3-6-20)23(32)13-29-8-10-30(11-9-29)14-24(33,15-31-17-27-16-28-31)21-7-4-19(25)12-22(21)26/h2-7,12,16-17,33H,8-11,13-15H2,1H3. The van der Waals surface area contributed by atoms with Crippen molar-refractivity contribution >= 4 is 5.78 Å². The Labute approximate surface area is 196 Å². The highest BCUT2D eigenvalue weighted by molar-refractivity contribution is 5.97. The molecule has 3 aromatic rings. The van der Waals surface area contributed by atoms with Gasteiger partial charge in [0.05, 0.1) is 20.2 Å². The van der Waals surface area contributed by atoms with E-state index in [1.165, 1.54) is 23.4 Å². The van der Waals surface area contributed by atoms with Crippen molar-refractivity contribution in [3.63, 3.8) is 0 Å². The van der Waals surface area contributed by atoms with Crippen molar-refractivity contribution in [2.75, 3.05) is 46.4 Å². The Bertz CT molecular complexity index is 1100. The van der Waals surface area contributed by atoms with Gasteiger partial charge in [0, 0.05) is 49.9 Å². The molecule has 0 saturated carbocycles. The number of ether oxygens (including phenoxy) is 1. The fourth-order valence-electron chi connectivity index (χ4n) is 4.22. The normalized spacial score (nSPS) is 16.8. The van der Waals surface area contributed by atoms with E-state index in [1.807, 2.05) is 4.90 Å². The number of hydrogen-bond donors (Lipinski definition) is 1. The van der Waals surface area contributed by atoms with Crippen LogP contribution in [0.1, 0.15) is 15.9 Å². The second-order valence-electron chi connectivity index (χ2n) is 8.45. The summed E-state index contributed by atoms with van der Waals surface area (Å²) in [5.41, 5.74) is -1.02. The number of benzene rings is 2. The second kappa shape index (κ2) is 10.4. The quantitative estimate of drug-likeness (QED) is 0.478. The largest absolute Gasteiger partial charge is 0.497 e. The number of carbonyl (C=O) groups is 1. The Morgan fingerprint density at radius 1 is 1.06 bits per heavy atom. The van der Waals surface area contributed by atoms with E-state index >= 15 is 0 Å². The molecule has 0 radical (unpaired) electrons.